The van der Waals surface area contributed by atoms with Crippen LogP contribution in [-0.4, -0.2) is 12.4 Å². The summed E-state index contributed by atoms with van der Waals surface area (Å²) in [6.45, 7) is 2.64. The predicted molar refractivity (Wildman–Crippen MR) is 92.5 cm³/mol. The molecule has 0 aromatic heterocycles. The van der Waals surface area contributed by atoms with E-state index in [2.05, 4.69) is 39.6 Å². The van der Waals surface area contributed by atoms with Gasteiger partial charge in [-0.05, 0) is 42.8 Å². The first-order valence-corrected chi connectivity index (χ1v) is 8.58. The maximum Gasteiger partial charge on any atom is 0.119 e. The van der Waals surface area contributed by atoms with E-state index in [4.69, 9.17) is 10.6 Å². The monoisotopic (exact) mass is 366 g/mol. The molecule has 2 aromatic rings. The molecule has 0 saturated heterocycles. The number of halogens is 1. The smallest absolute Gasteiger partial charge is 0.119 e. The highest BCUT2D eigenvalue weighted by Crippen LogP contribution is 2.27. The summed E-state index contributed by atoms with van der Waals surface area (Å²) in [6.07, 6.45) is 0. The molecule has 0 amide bonds. The molecule has 2 rings (SSSR count). The summed E-state index contributed by atoms with van der Waals surface area (Å²) in [5.74, 6) is 7.44. The molecule has 0 saturated carbocycles. The van der Waals surface area contributed by atoms with E-state index in [1.54, 1.807) is 11.8 Å². The lowest BCUT2D eigenvalue weighted by atomic mass is 10.1. The fraction of sp³-hybridized carbons (Fsp3) is 0.250. The zero-order valence-corrected chi connectivity index (χ0v) is 14.3. The zero-order valence-electron chi connectivity index (χ0n) is 11.9. The minimum absolute atomic E-state index is 0.0781. The van der Waals surface area contributed by atoms with Gasteiger partial charge in [-0.2, -0.15) is 0 Å². The van der Waals surface area contributed by atoms with Crippen LogP contribution < -0.4 is 16.0 Å². The minimum atomic E-state index is 0.0781. The van der Waals surface area contributed by atoms with E-state index in [0.29, 0.717) is 6.61 Å². The summed E-state index contributed by atoms with van der Waals surface area (Å²) in [5.41, 5.74) is 4.01. The lowest BCUT2D eigenvalue weighted by Gasteiger charge is -2.17. The fourth-order valence-electron chi connectivity index (χ4n) is 1.96. The molecule has 3 nitrogen and oxygen atoms in total. The first-order chi connectivity index (χ1) is 10.2. The van der Waals surface area contributed by atoms with Crippen LogP contribution in [0.2, 0.25) is 0 Å². The average Bonchev–Trinajstić information content (AvgIpc) is 2.49. The van der Waals surface area contributed by atoms with Crippen LogP contribution in [0, 0.1) is 0 Å². The van der Waals surface area contributed by atoms with Gasteiger partial charge in [0.25, 0.3) is 0 Å². The highest BCUT2D eigenvalue weighted by molar-refractivity contribution is 9.10. The van der Waals surface area contributed by atoms with Crippen molar-refractivity contribution >= 4 is 27.7 Å². The Bertz CT molecular complexity index is 580. The standard InChI is InChI=1S/C16H19BrN2OS/c1-2-20-14-7-3-5-12(9-14)16(19-18)11-21-15-8-4-6-13(17)10-15/h3-10,16,19H,2,11,18H2,1H3. The van der Waals surface area contributed by atoms with E-state index < -0.39 is 0 Å². The van der Waals surface area contributed by atoms with Gasteiger partial charge in [0, 0.05) is 15.1 Å². The van der Waals surface area contributed by atoms with Crippen molar-refractivity contribution in [1.82, 2.24) is 5.43 Å². The molecular weight excluding hydrogens is 348 g/mol. The second-order valence-corrected chi connectivity index (χ2v) is 6.50. The number of nitrogens with one attached hydrogen (secondary N) is 1. The van der Waals surface area contributed by atoms with Crippen LogP contribution in [0.1, 0.15) is 18.5 Å². The largest absolute Gasteiger partial charge is 0.494 e. The maximum absolute atomic E-state index is 5.71. The summed E-state index contributed by atoms with van der Waals surface area (Å²) >= 11 is 5.26. The lowest BCUT2D eigenvalue weighted by molar-refractivity contribution is 0.339. The van der Waals surface area contributed by atoms with E-state index >= 15 is 0 Å². The Morgan fingerprint density at radius 1 is 1.24 bits per heavy atom. The van der Waals surface area contributed by atoms with E-state index in [1.165, 1.54) is 4.90 Å². The van der Waals surface area contributed by atoms with Gasteiger partial charge in [0.05, 0.1) is 12.6 Å². The van der Waals surface area contributed by atoms with Gasteiger partial charge in [0.1, 0.15) is 5.75 Å². The molecule has 5 heteroatoms. The lowest BCUT2D eigenvalue weighted by Crippen LogP contribution is -2.29. The molecular formula is C16H19BrN2OS. The summed E-state index contributed by atoms with van der Waals surface area (Å²) in [6, 6.07) is 16.4. The van der Waals surface area contributed by atoms with Crippen molar-refractivity contribution in [1.29, 1.82) is 0 Å². The van der Waals surface area contributed by atoms with Crippen molar-refractivity contribution in [2.45, 2.75) is 17.9 Å². The van der Waals surface area contributed by atoms with Crippen LogP contribution in [0.3, 0.4) is 0 Å². The molecule has 112 valence electrons. The third-order valence-electron chi connectivity index (χ3n) is 2.99. The molecule has 0 aliphatic rings. The van der Waals surface area contributed by atoms with E-state index in [1.807, 2.05) is 37.3 Å². The minimum Gasteiger partial charge on any atom is -0.494 e. The van der Waals surface area contributed by atoms with Crippen LogP contribution in [0.15, 0.2) is 57.9 Å². The van der Waals surface area contributed by atoms with Gasteiger partial charge in [-0.25, -0.2) is 0 Å². The molecule has 3 N–H and O–H groups in total. The Balaban J connectivity index is 2.04. The molecule has 0 aliphatic heterocycles. The Kier molecular flexibility index (Phi) is 6.57. The zero-order chi connectivity index (χ0) is 15.1. The van der Waals surface area contributed by atoms with Crippen molar-refractivity contribution < 1.29 is 4.74 Å². The summed E-state index contributed by atoms with van der Waals surface area (Å²) in [7, 11) is 0. The Morgan fingerprint density at radius 2 is 2.05 bits per heavy atom. The Hall–Kier alpha value is -1.01. The van der Waals surface area contributed by atoms with Gasteiger partial charge in [-0.3, -0.25) is 11.3 Å². The number of hydrogen-bond donors (Lipinski definition) is 2. The van der Waals surface area contributed by atoms with E-state index in [0.717, 1.165) is 21.5 Å². The molecule has 0 heterocycles. The first kappa shape index (κ1) is 16.4. The van der Waals surface area contributed by atoms with Gasteiger partial charge in [-0.1, -0.05) is 34.1 Å². The quantitative estimate of drug-likeness (QED) is 0.439. The molecule has 2 aromatic carbocycles. The average molecular weight is 367 g/mol. The van der Waals surface area contributed by atoms with Crippen LogP contribution in [-0.2, 0) is 0 Å². The van der Waals surface area contributed by atoms with Gasteiger partial charge in [-0.15, -0.1) is 11.8 Å². The molecule has 0 spiro atoms. The van der Waals surface area contributed by atoms with Gasteiger partial charge >= 0.3 is 0 Å². The van der Waals surface area contributed by atoms with E-state index in [9.17, 15) is 0 Å². The number of thioether (sulfide) groups is 1. The summed E-state index contributed by atoms with van der Waals surface area (Å²) in [5, 5.41) is 0. The second kappa shape index (κ2) is 8.44. The topological polar surface area (TPSA) is 47.3 Å². The number of rotatable bonds is 7. The number of hydrogen-bond acceptors (Lipinski definition) is 4. The Morgan fingerprint density at radius 3 is 2.76 bits per heavy atom. The number of ether oxygens (including phenoxy) is 1. The molecule has 0 aliphatic carbocycles. The van der Waals surface area contributed by atoms with Crippen LogP contribution in [0.25, 0.3) is 0 Å². The summed E-state index contributed by atoms with van der Waals surface area (Å²) < 4.78 is 6.62. The van der Waals surface area contributed by atoms with Crippen LogP contribution in [0.4, 0.5) is 0 Å². The first-order valence-electron chi connectivity index (χ1n) is 6.80. The molecule has 0 radical (unpaired) electrons. The molecule has 0 fully saturated rings. The molecule has 0 bridgehead atoms. The fourth-order valence-corrected chi connectivity index (χ4v) is 3.55. The van der Waals surface area contributed by atoms with Crippen molar-refractivity contribution in [2.75, 3.05) is 12.4 Å². The number of hydrazine groups is 1. The third kappa shape index (κ3) is 5.04. The number of nitrogens with two attached hydrogens (primary N) is 1. The van der Waals surface area contributed by atoms with Crippen molar-refractivity contribution in [3.63, 3.8) is 0 Å². The molecule has 1 atom stereocenters. The van der Waals surface area contributed by atoms with Gasteiger partial charge in [0.2, 0.25) is 0 Å². The highest BCUT2D eigenvalue weighted by Gasteiger charge is 2.11. The normalized spacial score (nSPS) is 12.1. The molecule has 1 unspecified atom stereocenters. The number of benzene rings is 2. The maximum atomic E-state index is 5.71. The van der Waals surface area contributed by atoms with E-state index in [-0.39, 0.29) is 6.04 Å². The van der Waals surface area contributed by atoms with Crippen molar-refractivity contribution in [2.24, 2.45) is 5.84 Å². The molecule has 21 heavy (non-hydrogen) atoms. The SMILES string of the molecule is CCOc1cccc(C(CSc2cccc(Br)c2)NN)c1. The second-order valence-electron chi connectivity index (χ2n) is 4.49. The van der Waals surface area contributed by atoms with Crippen LogP contribution >= 0.6 is 27.7 Å². The summed E-state index contributed by atoms with van der Waals surface area (Å²) in [4.78, 5) is 1.21. The van der Waals surface area contributed by atoms with Gasteiger partial charge in [0.15, 0.2) is 0 Å². The Labute approximate surface area is 138 Å². The van der Waals surface area contributed by atoms with Crippen molar-refractivity contribution in [3.8, 4) is 5.75 Å². The third-order valence-corrected chi connectivity index (χ3v) is 4.57. The van der Waals surface area contributed by atoms with Crippen molar-refractivity contribution in [3.05, 3.63) is 58.6 Å². The van der Waals surface area contributed by atoms with Crippen LogP contribution in [0.5, 0.6) is 5.75 Å². The predicted octanol–water partition coefficient (Wildman–Crippen LogP) is 4.14. The highest BCUT2D eigenvalue weighted by atomic mass is 79.9. The van der Waals surface area contributed by atoms with Gasteiger partial charge < -0.3 is 4.74 Å².